The fraction of sp³-hybridized carbons (Fsp3) is 0.762. The number of piperidine rings is 1. The predicted octanol–water partition coefficient (Wildman–Crippen LogP) is 2.78. The van der Waals surface area contributed by atoms with Gasteiger partial charge in [-0.2, -0.15) is 4.98 Å². The maximum absolute atomic E-state index is 13.0. The highest BCUT2D eigenvalue weighted by molar-refractivity contribution is 6.04. The molecule has 7 heteroatoms. The largest absolute Gasteiger partial charge is 0.351 e. The summed E-state index contributed by atoms with van der Waals surface area (Å²) in [5.74, 6) is 2.41. The lowest BCUT2D eigenvalue weighted by molar-refractivity contribution is -0.120. The Morgan fingerprint density at radius 2 is 1.96 bits per heavy atom. The molecule has 2 aliphatic heterocycles. The molecule has 0 radical (unpaired) electrons. The summed E-state index contributed by atoms with van der Waals surface area (Å²) in [4.78, 5) is 26.5. The van der Waals surface area contributed by atoms with Crippen LogP contribution in [0, 0.1) is 5.92 Å². The molecule has 2 atom stereocenters. The Morgan fingerprint density at radius 1 is 1.25 bits per heavy atom. The predicted molar refractivity (Wildman–Crippen MR) is 113 cm³/mol. The molecule has 3 heterocycles. The third kappa shape index (κ3) is 3.56. The van der Waals surface area contributed by atoms with Crippen molar-refractivity contribution in [2.45, 2.75) is 76.9 Å². The van der Waals surface area contributed by atoms with Crippen LogP contribution in [0.1, 0.15) is 58.8 Å². The van der Waals surface area contributed by atoms with Crippen LogP contribution in [0.25, 0.3) is 0 Å². The maximum Gasteiger partial charge on any atom is 0.249 e. The van der Waals surface area contributed by atoms with Crippen LogP contribution in [0.5, 0.6) is 0 Å². The van der Waals surface area contributed by atoms with Gasteiger partial charge >= 0.3 is 0 Å². The van der Waals surface area contributed by atoms with Crippen LogP contribution < -0.4 is 20.4 Å². The van der Waals surface area contributed by atoms with Crippen LogP contribution in [0.15, 0.2) is 6.20 Å². The molecule has 2 N–H and O–H groups in total. The van der Waals surface area contributed by atoms with Gasteiger partial charge in [-0.05, 0) is 58.0 Å². The second-order valence-corrected chi connectivity index (χ2v) is 8.59. The second-order valence-electron chi connectivity index (χ2n) is 8.59. The van der Waals surface area contributed by atoms with E-state index in [-0.39, 0.29) is 11.9 Å². The van der Waals surface area contributed by atoms with Crippen molar-refractivity contribution in [3.05, 3.63) is 6.20 Å². The Bertz CT molecular complexity index is 698. The highest BCUT2D eigenvalue weighted by Crippen LogP contribution is 2.39. The molecule has 7 nitrogen and oxygen atoms in total. The SMILES string of the molecule is CC[C@@H]1C(=O)N(C)c2cnc(NC(C)C3CCNCC3)nc2N1C1CCCC1. The molecular weight excluding hydrogens is 352 g/mol. The van der Waals surface area contributed by atoms with E-state index < -0.39 is 0 Å². The van der Waals surface area contributed by atoms with Crippen LogP contribution in [0.4, 0.5) is 17.5 Å². The van der Waals surface area contributed by atoms with Crippen LogP contribution in [0.2, 0.25) is 0 Å². The molecule has 1 aliphatic carbocycles. The summed E-state index contributed by atoms with van der Waals surface area (Å²) in [6.45, 7) is 6.51. The van der Waals surface area contributed by atoms with Gasteiger partial charge in [0.2, 0.25) is 11.9 Å². The number of likely N-dealkylation sites (N-methyl/N-ethyl adjacent to an activating group) is 1. The Balaban J connectivity index is 1.62. The molecule has 0 bridgehead atoms. The third-order valence-electron chi connectivity index (χ3n) is 6.86. The van der Waals surface area contributed by atoms with Crippen LogP contribution in [-0.2, 0) is 4.79 Å². The Morgan fingerprint density at radius 3 is 2.64 bits per heavy atom. The molecule has 0 spiro atoms. The van der Waals surface area contributed by atoms with E-state index in [0.717, 1.165) is 43.9 Å². The summed E-state index contributed by atoms with van der Waals surface area (Å²) in [6.07, 6.45) is 9.75. The molecule has 154 valence electrons. The maximum atomic E-state index is 13.0. The number of anilines is 3. The number of nitrogens with one attached hydrogen (secondary N) is 2. The van der Waals surface area contributed by atoms with E-state index in [2.05, 4.69) is 34.4 Å². The number of hydrogen-bond donors (Lipinski definition) is 2. The minimum atomic E-state index is -0.120. The van der Waals surface area contributed by atoms with E-state index in [1.165, 1.54) is 25.7 Å². The molecule has 1 aromatic heterocycles. The van der Waals surface area contributed by atoms with E-state index in [9.17, 15) is 4.79 Å². The van der Waals surface area contributed by atoms with Crippen LogP contribution >= 0.6 is 0 Å². The fourth-order valence-corrected chi connectivity index (χ4v) is 5.12. The van der Waals surface area contributed by atoms with Gasteiger partial charge in [0, 0.05) is 19.1 Å². The van der Waals surface area contributed by atoms with Gasteiger partial charge in [-0.1, -0.05) is 19.8 Å². The number of carbonyl (C=O) groups excluding carboxylic acids is 1. The molecule has 1 amide bonds. The molecule has 0 aromatic carbocycles. The number of carbonyl (C=O) groups is 1. The number of nitrogens with zero attached hydrogens (tertiary/aromatic N) is 4. The molecule has 1 aromatic rings. The van der Waals surface area contributed by atoms with Crippen molar-refractivity contribution in [1.29, 1.82) is 0 Å². The molecule has 3 aliphatic rings. The smallest absolute Gasteiger partial charge is 0.249 e. The first kappa shape index (κ1) is 19.4. The lowest BCUT2D eigenvalue weighted by atomic mass is 9.91. The number of rotatable bonds is 5. The van der Waals surface area contributed by atoms with Gasteiger partial charge in [0.1, 0.15) is 11.7 Å². The van der Waals surface area contributed by atoms with Gasteiger partial charge in [0.15, 0.2) is 5.82 Å². The van der Waals surface area contributed by atoms with Crippen molar-refractivity contribution in [3.8, 4) is 0 Å². The zero-order chi connectivity index (χ0) is 19.7. The zero-order valence-electron chi connectivity index (χ0n) is 17.4. The minimum Gasteiger partial charge on any atom is -0.351 e. The van der Waals surface area contributed by atoms with E-state index in [0.29, 0.717) is 23.9 Å². The van der Waals surface area contributed by atoms with E-state index in [1.54, 1.807) is 4.90 Å². The van der Waals surface area contributed by atoms with Crippen molar-refractivity contribution in [1.82, 2.24) is 15.3 Å². The van der Waals surface area contributed by atoms with E-state index in [4.69, 9.17) is 4.98 Å². The second kappa shape index (κ2) is 8.23. The Labute approximate surface area is 168 Å². The summed E-state index contributed by atoms with van der Waals surface area (Å²) >= 11 is 0. The van der Waals surface area contributed by atoms with Gasteiger partial charge in [0.25, 0.3) is 0 Å². The summed E-state index contributed by atoms with van der Waals surface area (Å²) < 4.78 is 0. The highest BCUT2D eigenvalue weighted by Gasteiger charge is 2.41. The minimum absolute atomic E-state index is 0.120. The van der Waals surface area contributed by atoms with E-state index >= 15 is 0 Å². The summed E-state index contributed by atoms with van der Waals surface area (Å²) in [5, 5.41) is 6.98. The van der Waals surface area contributed by atoms with Gasteiger partial charge < -0.3 is 20.4 Å². The highest BCUT2D eigenvalue weighted by atomic mass is 16.2. The monoisotopic (exact) mass is 386 g/mol. The van der Waals surface area contributed by atoms with Gasteiger partial charge in [-0.25, -0.2) is 4.98 Å². The van der Waals surface area contributed by atoms with Gasteiger partial charge in [-0.15, -0.1) is 0 Å². The fourth-order valence-electron chi connectivity index (χ4n) is 5.12. The lowest BCUT2D eigenvalue weighted by Crippen LogP contribution is -2.55. The normalized spacial score (nSPS) is 25.1. The first-order valence-corrected chi connectivity index (χ1v) is 11.0. The van der Waals surface area contributed by atoms with Crippen molar-refractivity contribution in [3.63, 3.8) is 0 Å². The number of aromatic nitrogens is 2. The standard InChI is InChI=1S/C21H34N6O/c1-4-17-20(28)26(3)18-13-23-21(24-14(2)15-9-11-22-12-10-15)25-19(18)27(17)16-7-5-6-8-16/h13-17,22H,4-12H2,1-3H3,(H,23,24,25)/t14?,17-/m1/s1. The topological polar surface area (TPSA) is 73.4 Å². The van der Waals surface area contributed by atoms with E-state index in [1.807, 2.05) is 13.2 Å². The van der Waals surface area contributed by atoms with Crippen molar-refractivity contribution in [2.75, 3.05) is 35.3 Å². The summed E-state index contributed by atoms with van der Waals surface area (Å²) in [7, 11) is 1.85. The van der Waals surface area contributed by atoms with Gasteiger partial charge in [0.05, 0.1) is 6.20 Å². The average molecular weight is 387 g/mol. The molecular formula is C21H34N6O. The number of hydrogen-bond acceptors (Lipinski definition) is 6. The first-order valence-electron chi connectivity index (χ1n) is 11.0. The van der Waals surface area contributed by atoms with Crippen LogP contribution in [-0.4, -0.2) is 54.1 Å². The van der Waals surface area contributed by atoms with Crippen molar-refractivity contribution < 1.29 is 4.79 Å². The molecule has 2 fully saturated rings. The Hall–Kier alpha value is -1.89. The summed E-state index contributed by atoms with van der Waals surface area (Å²) in [6, 6.07) is 0.626. The molecule has 28 heavy (non-hydrogen) atoms. The number of fused-ring (bicyclic) bond motifs is 1. The molecule has 1 saturated heterocycles. The molecule has 1 saturated carbocycles. The first-order chi connectivity index (χ1) is 13.6. The molecule has 1 unspecified atom stereocenters. The van der Waals surface area contributed by atoms with Crippen molar-refractivity contribution >= 4 is 23.4 Å². The van der Waals surface area contributed by atoms with Crippen molar-refractivity contribution in [2.24, 2.45) is 5.92 Å². The number of amides is 1. The quantitative estimate of drug-likeness (QED) is 0.811. The third-order valence-corrected chi connectivity index (χ3v) is 6.86. The van der Waals surface area contributed by atoms with Crippen LogP contribution in [0.3, 0.4) is 0 Å². The average Bonchev–Trinajstić information content (AvgIpc) is 3.25. The Kier molecular flexibility index (Phi) is 5.71. The summed E-state index contributed by atoms with van der Waals surface area (Å²) in [5.41, 5.74) is 0.835. The lowest BCUT2D eigenvalue weighted by Gasteiger charge is -2.43. The van der Waals surface area contributed by atoms with Gasteiger partial charge in [-0.3, -0.25) is 4.79 Å². The zero-order valence-corrected chi connectivity index (χ0v) is 17.4. The molecule has 4 rings (SSSR count).